The van der Waals surface area contributed by atoms with Crippen molar-refractivity contribution in [3.8, 4) is 16.9 Å². The Labute approximate surface area is 224 Å². The summed E-state index contributed by atoms with van der Waals surface area (Å²) in [6.07, 6.45) is 2.58. The lowest BCUT2D eigenvalue weighted by Gasteiger charge is -2.19. The van der Waals surface area contributed by atoms with Crippen LogP contribution in [0.2, 0.25) is 0 Å². The maximum atomic E-state index is 11.5. The molecule has 1 spiro atoms. The second-order valence-corrected chi connectivity index (χ2v) is 11.1. The molecule has 6 nitrogen and oxygen atoms in total. The van der Waals surface area contributed by atoms with Crippen molar-refractivity contribution in [3.05, 3.63) is 81.9 Å². The molecule has 2 aliphatic rings. The average Bonchev–Trinajstić information content (AvgIpc) is 3.59. The number of carbonyl (C=O) groups is 1. The third-order valence-corrected chi connectivity index (χ3v) is 8.43. The largest absolute Gasteiger partial charge is 0.491 e. The molecule has 6 heteroatoms. The van der Waals surface area contributed by atoms with Crippen LogP contribution in [-0.2, 0) is 17.8 Å². The Morgan fingerprint density at radius 1 is 1.11 bits per heavy atom. The number of fused-ring (bicyclic) bond motifs is 1. The standard InChI is InChI=1S/C32H37NO5/c1-19-11-26(38-18-25(35)17-34)12-20(2)31(19)27-6-4-5-22(21(27)3)16-33-24-7-8-28-23(13-24)15-32(9-10-32)29(28)14-30(36)37/h4-8,11-13,25,29,33-35H,9-10,14-18H2,1-3H3,(H,36,37)/t25-,29?/m1/s1. The van der Waals surface area contributed by atoms with E-state index < -0.39 is 12.1 Å². The molecule has 0 bridgehead atoms. The SMILES string of the molecule is Cc1cc(OC[C@H](O)CO)cc(C)c1-c1cccc(CNc2ccc3c(c2)CC2(CC2)C3CC(=O)O)c1C. The molecule has 5 rings (SSSR count). The molecule has 3 aromatic rings. The zero-order valence-corrected chi connectivity index (χ0v) is 22.4. The number of rotatable bonds is 10. The summed E-state index contributed by atoms with van der Waals surface area (Å²) in [5, 5.41) is 31.7. The van der Waals surface area contributed by atoms with Gasteiger partial charge in [0.25, 0.3) is 0 Å². The van der Waals surface area contributed by atoms with Gasteiger partial charge in [0.05, 0.1) is 13.0 Å². The van der Waals surface area contributed by atoms with Crippen LogP contribution in [0.3, 0.4) is 0 Å². The van der Waals surface area contributed by atoms with Crippen molar-refractivity contribution in [2.24, 2.45) is 5.41 Å². The number of anilines is 1. The Balaban J connectivity index is 1.33. The summed E-state index contributed by atoms with van der Waals surface area (Å²) < 4.78 is 5.68. The van der Waals surface area contributed by atoms with Gasteiger partial charge in [0.1, 0.15) is 18.5 Å². The molecule has 1 unspecified atom stereocenters. The number of carboxylic acids is 1. The van der Waals surface area contributed by atoms with E-state index in [4.69, 9.17) is 9.84 Å². The van der Waals surface area contributed by atoms with Gasteiger partial charge in [-0.05, 0) is 114 Å². The number of nitrogens with one attached hydrogen (secondary N) is 1. The van der Waals surface area contributed by atoms with Crippen LogP contribution < -0.4 is 10.1 Å². The zero-order chi connectivity index (χ0) is 27.0. The quantitative estimate of drug-likeness (QED) is 0.284. The maximum absolute atomic E-state index is 11.5. The first-order chi connectivity index (χ1) is 18.2. The molecule has 4 N–H and O–H groups in total. The number of aliphatic hydroxyl groups is 2. The molecule has 0 amide bonds. The van der Waals surface area contributed by atoms with Crippen LogP contribution in [0, 0.1) is 26.2 Å². The van der Waals surface area contributed by atoms with Crippen molar-refractivity contribution in [3.63, 3.8) is 0 Å². The second kappa shape index (κ2) is 10.4. The highest BCUT2D eigenvalue weighted by Gasteiger charge is 2.54. The number of aryl methyl sites for hydroxylation is 2. The Morgan fingerprint density at radius 3 is 2.50 bits per heavy atom. The monoisotopic (exact) mass is 515 g/mol. The van der Waals surface area contributed by atoms with Crippen molar-refractivity contribution in [1.82, 2.24) is 0 Å². The van der Waals surface area contributed by atoms with Crippen LogP contribution in [0.15, 0.2) is 48.5 Å². The molecule has 0 aromatic heterocycles. The number of benzene rings is 3. The van der Waals surface area contributed by atoms with E-state index in [1.165, 1.54) is 33.4 Å². The van der Waals surface area contributed by atoms with Gasteiger partial charge in [-0.3, -0.25) is 4.79 Å². The predicted molar refractivity (Wildman–Crippen MR) is 149 cm³/mol. The van der Waals surface area contributed by atoms with Crippen molar-refractivity contribution in [2.75, 3.05) is 18.5 Å². The molecule has 3 aromatic carbocycles. The molecule has 2 atom stereocenters. The van der Waals surface area contributed by atoms with E-state index in [9.17, 15) is 15.0 Å². The van der Waals surface area contributed by atoms with Gasteiger partial charge in [-0.15, -0.1) is 0 Å². The zero-order valence-electron chi connectivity index (χ0n) is 22.4. The predicted octanol–water partition coefficient (Wildman–Crippen LogP) is 5.52. The average molecular weight is 516 g/mol. The van der Waals surface area contributed by atoms with Crippen molar-refractivity contribution in [2.45, 2.75) is 65.0 Å². The van der Waals surface area contributed by atoms with Crippen molar-refractivity contribution >= 4 is 11.7 Å². The van der Waals surface area contributed by atoms with Gasteiger partial charge in [-0.25, -0.2) is 0 Å². The summed E-state index contributed by atoms with van der Waals surface area (Å²) in [6, 6.07) is 16.8. The van der Waals surface area contributed by atoms with Gasteiger partial charge in [0.15, 0.2) is 0 Å². The topological polar surface area (TPSA) is 99.0 Å². The molecule has 38 heavy (non-hydrogen) atoms. The van der Waals surface area contributed by atoms with Crippen LogP contribution in [-0.4, -0.2) is 40.6 Å². The lowest BCUT2D eigenvalue weighted by atomic mass is 9.87. The first-order valence-electron chi connectivity index (χ1n) is 13.4. The first kappa shape index (κ1) is 26.3. The normalized spacial score (nSPS) is 17.8. The molecule has 1 saturated carbocycles. The lowest BCUT2D eigenvalue weighted by Crippen LogP contribution is -2.21. The molecular weight excluding hydrogens is 478 g/mol. The Morgan fingerprint density at radius 2 is 1.84 bits per heavy atom. The highest BCUT2D eigenvalue weighted by molar-refractivity contribution is 5.75. The maximum Gasteiger partial charge on any atom is 0.303 e. The minimum absolute atomic E-state index is 0.0544. The molecule has 0 radical (unpaired) electrons. The van der Waals surface area contributed by atoms with E-state index in [1.54, 1.807) is 0 Å². The molecule has 0 saturated heterocycles. The summed E-state index contributed by atoms with van der Waals surface area (Å²) in [5.74, 6) is 0.118. The van der Waals surface area contributed by atoms with Gasteiger partial charge in [-0.1, -0.05) is 24.3 Å². The minimum Gasteiger partial charge on any atom is -0.491 e. The summed E-state index contributed by atoms with van der Waals surface area (Å²) in [5.41, 5.74) is 10.7. The van der Waals surface area contributed by atoms with Gasteiger partial charge in [-0.2, -0.15) is 0 Å². The third-order valence-electron chi connectivity index (χ3n) is 8.43. The number of hydrogen-bond donors (Lipinski definition) is 4. The van der Waals surface area contributed by atoms with Crippen LogP contribution in [0.4, 0.5) is 5.69 Å². The third kappa shape index (κ3) is 5.16. The van der Waals surface area contributed by atoms with E-state index in [2.05, 4.69) is 62.5 Å². The van der Waals surface area contributed by atoms with E-state index in [-0.39, 0.29) is 31.0 Å². The first-order valence-corrected chi connectivity index (χ1v) is 13.4. The van der Waals surface area contributed by atoms with Crippen LogP contribution in [0.5, 0.6) is 5.75 Å². The van der Waals surface area contributed by atoms with Crippen molar-refractivity contribution < 1.29 is 24.9 Å². The van der Waals surface area contributed by atoms with E-state index >= 15 is 0 Å². The van der Waals surface area contributed by atoms with Gasteiger partial charge in [0, 0.05) is 18.2 Å². The van der Waals surface area contributed by atoms with Crippen LogP contribution in [0.1, 0.15) is 58.6 Å². The van der Waals surface area contributed by atoms with E-state index in [0.29, 0.717) is 12.3 Å². The second-order valence-electron chi connectivity index (χ2n) is 11.1. The number of aliphatic hydroxyl groups excluding tert-OH is 2. The number of carboxylic acid groups (broad SMARTS) is 1. The lowest BCUT2D eigenvalue weighted by molar-refractivity contribution is -0.137. The molecule has 1 fully saturated rings. The summed E-state index contributed by atoms with van der Waals surface area (Å²) in [6.45, 7) is 6.71. The van der Waals surface area contributed by atoms with Crippen molar-refractivity contribution in [1.29, 1.82) is 0 Å². The molecule has 0 aliphatic heterocycles. The summed E-state index contributed by atoms with van der Waals surface area (Å²) >= 11 is 0. The fraction of sp³-hybridized carbons (Fsp3) is 0.406. The van der Waals surface area contributed by atoms with Crippen LogP contribution in [0.25, 0.3) is 11.1 Å². The highest BCUT2D eigenvalue weighted by Crippen LogP contribution is 2.64. The molecule has 0 heterocycles. The Hall–Kier alpha value is -3.35. The highest BCUT2D eigenvalue weighted by atomic mass is 16.5. The van der Waals surface area contributed by atoms with Crippen LogP contribution >= 0.6 is 0 Å². The number of hydrogen-bond acceptors (Lipinski definition) is 5. The van der Waals surface area contributed by atoms with Gasteiger partial charge in [0.2, 0.25) is 0 Å². The Kier molecular flexibility index (Phi) is 7.21. The fourth-order valence-electron chi connectivity index (χ4n) is 6.25. The fourth-order valence-corrected chi connectivity index (χ4v) is 6.25. The number of aliphatic carboxylic acids is 1. The number of ether oxygens (including phenoxy) is 1. The Bertz CT molecular complexity index is 1340. The van der Waals surface area contributed by atoms with E-state index in [0.717, 1.165) is 36.1 Å². The summed E-state index contributed by atoms with van der Waals surface area (Å²) in [4.78, 5) is 11.5. The molecule has 2 aliphatic carbocycles. The smallest absolute Gasteiger partial charge is 0.303 e. The van der Waals surface area contributed by atoms with E-state index in [1.807, 2.05) is 12.1 Å². The minimum atomic E-state index is -0.895. The van der Waals surface area contributed by atoms with Gasteiger partial charge < -0.3 is 25.4 Å². The van der Waals surface area contributed by atoms with Gasteiger partial charge >= 0.3 is 5.97 Å². The molecular formula is C32H37NO5. The summed E-state index contributed by atoms with van der Waals surface area (Å²) in [7, 11) is 0. The molecule has 200 valence electrons.